The average molecular weight is 198 g/mol. The predicted octanol–water partition coefficient (Wildman–Crippen LogP) is 2.10. The third kappa shape index (κ3) is 3.58. The van der Waals surface area contributed by atoms with E-state index in [0.717, 1.165) is 18.0 Å². The van der Waals surface area contributed by atoms with Crippen molar-refractivity contribution < 1.29 is 0 Å². The van der Waals surface area contributed by atoms with Gasteiger partial charge in [0.25, 0.3) is 0 Å². The van der Waals surface area contributed by atoms with E-state index in [1.165, 1.54) is 32.4 Å². The number of rotatable bonds is 3. The summed E-state index contributed by atoms with van der Waals surface area (Å²) in [6, 6.07) is 1.60. The molecule has 0 aromatic heterocycles. The summed E-state index contributed by atoms with van der Waals surface area (Å²) in [4.78, 5) is 2.44. The molecule has 84 valence electrons. The standard InChI is InChI=1S/C10H20N2.C2H6/c1-8(11-10-3-4-10)9-5-6-12(2)7-9;1-2/h8-11H,3-7H2,1-2H3;1-2H3. The Morgan fingerprint density at radius 3 is 2.29 bits per heavy atom. The smallest absolute Gasteiger partial charge is 0.00822 e. The first kappa shape index (κ1) is 12.0. The van der Waals surface area contributed by atoms with Crippen LogP contribution in [0.3, 0.4) is 0 Å². The van der Waals surface area contributed by atoms with Crippen molar-refractivity contribution in [3.05, 3.63) is 0 Å². The van der Waals surface area contributed by atoms with Gasteiger partial charge >= 0.3 is 0 Å². The Balaban J connectivity index is 0.000000461. The molecule has 2 nitrogen and oxygen atoms in total. The molecule has 1 N–H and O–H groups in total. The highest BCUT2D eigenvalue weighted by Gasteiger charge is 2.29. The molecule has 2 fully saturated rings. The van der Waals surface area contributed by atoms with Gasteiger partial charge in [0.05, 0.1) is 0 Å². The minimum atomic E-state index is 0.738. The lowest BCUT2D eigenvalue weighted by molar-refractivity contribution is 0.346. The van der Waals surface area contributed by atoms with Crippen LogP contribution in [0.5, 0.6) is 0 Å². The van der Waals surface area contributed by atoms with Crippen LogP contribution in [-0.2, 0) is 0 Å². The van der Waals surface area contributed by atoms with Crippen molar-refractivity contribution in [2.24, 2.45) is 5.92 Å². The van der Waals surface area contributed by atoms with Crippen molar-refractivity contribution in [3.8, 4) is 0 Å². The van der Waals surface area contributed by atoms with Crippen molar-refractivity contribution in [1.29, 1.82) is 0 Å². The van der Waals surface area contributed by atoms with E-state index in [2.05, 4.69) is 24.2 Å². The first-order valence-corrected chi connectivity index (χ1v) is 6.20. The maximum absolute atomic E-state index is 3.69. The molecule has 0 aromatic carbocycles. The fourth-order valence-corrected chi connectivity index (χ4v) is 2.14. The van der Waals surface area contributed by atoms with Crippen molar-refractivity contribution in [2.45, 2.75) is 52.1 Å². The van der Waals surface area contributed by atoms with Gasteiger partial charge in [0.15, 0.2) is 0 Å². The van der Waals surface area contributed by atoms with Crippen LogP contribution in [0.1, 0.15) is 40.0 Å². The molecular formula is C12H26N2. The Morgan fingerprint density at radius 1 is 1.21 bits per heavy atom. The molecule has 1 saturated heterocycles. The molecule has 1 aliphatic heterocycles. The van der Waals surface area contributed by atoms with Crippen LogP contribution < -0.4 is 5.32 Å². The zero-order valence-electron chi connectivity index (χ0n) is 10.2. The first-order valence-electron chi connectivity index (χ1n) is 6.20. The van der Waals surface area contributed by atoms with Crippen LogP contribution in [0, 0.1) is 5.92 Å². The van der Waals surface area contributed by atoms with Crippen LogP contribution in [0.2, 0.25) is 0 Å². The Labute approximate surface area is 89.1 Å². The van der Waals surface area contributed by atoms with Crippen LogP contribution in [0.15, 0.2) is 0 Å². The molecule has 2 heteroatoms. The summed E-state index contributed by atoms with van der Waals surface area (Å²) in [5.74, 6) is 0.899. The van der Waals surface area contributed by atoms with Gasteiger partial charge in [0.1, 0.15) is 0 Å². The summed E-state index contributed by atoms with van der Waals surface area (Å²) < 4.78 is 0. The van der Waals surface area contributed by atoms with E-state index in [1.807, 2.05) is 13.8 Å². The number of hydrogen-bond acceptors (Lipinski definition) is 2. The molecule has 2 rings (SSSR count). The summed E-state index contributed by atoms with van der Waals surface area (Å²) in [5.41, 5.74) is 0. The van der Waals surface area contributed by atoms with Gasteiger partial charge in [-0.3, -0.25) is 0 Å². The highest BCUT2D eigenvalue weighted by molar-refractivity contribution is 4.88. The lowest BCUT2D eigenvalue weighted by Gasteiger charge is -2.20. The maximum atomic E-state index is 3.69. The SMILES string of the molecule is CC.CC(NC1CC1)C1CCN(C)C1. The van der Waals surface area contributed by atoms with Crippen molar-refractivity contribution in [2.75, 3.05) is 20.1 Å². The predicted molar refractivity (Wildman–Crippen MR) is 62.6 cm³/mol. The fraction of sp³-hybridized carbons (Fsp3) is 1.00. The van der Waals surface area contributed by atoms with Gasteiger partial charge in [0.2, 0.25) is 0 Å². The summed E-state index contributed by atoms with van der Waals surface area (Å²) in [5, 5.41) is 3.69. The van der Waals surface area contributed by atoms with Gasteiger partial charge < -0.3 is 10.2 Å². The van der Waals surface area contributed by atoms with Gasteiger partial charge in [-0.1, -0.05) is 13.8 Å². The molecule has 2 aliphatic rings. The van der Waals surface area contributed by atoms with Gasteiger partial charge in [-0.2, -0.15) is 0 Å². The maximum Gasteiger partial charge on any atom is 0.00822 e. The molecule has 0 radical (unpaired) electrons. The normalized spacial score (nSPS) is 29.6. The second-order valence-electron chi connectivity index (χ2n) is 4.54. The second-order valence-corrected chi connectivity index (χ2v) is 4.54. The molecular weight excluding hydrogens is 172 g/mol. The Kier molecular flexibility index (Phi) is 4.90. The van der Waals surface area contributed by atoms with Gasteiger partial charge in [0, 0.05) is 18.6 Å². The topological polar surface area (TPSA) is 15.3 Å². The van der Waals surface area contributed by atoms with E-state index in [0.29, 0.717) is 0 Å². The molecule has 0 aromatic rings. The van der Waals surface area contributed by atoms with Gasteiger partial charge in [-0.15, -0.1) is 0 Å². The van der Waals surface area contributed by atoms with Crippen LogP contribution in [-0.4, -0.2) is 37.1 Å². The molecule has 1 heterocycles. The fourth-order valence-electron chi connectivity index (χ4n) is 2.14. The molecule has 1 aliphatic carbocycles. The van der Waals surface area contributed by atoms with E-state index < -0.39 is 0 Å². The highest BCUT2D eigenvalue weighted by Crippen LogP contribution is 2.24. The third-order valence-electron chi connectivity index (χ3n) is 3.21. The third-order valence-corrected chi connectivity index (χ3v) is 3.21. The van der Waals surface area contributed by atoms with Crippen molar-refractivity contribution in [1.82, 2.24) is 10.2 Å². The van der Waals surface area contributed by atoms with E-state index in [-0.39, 0.29) is 0 Å². The van der Waals surface area contributed by atoms with Crippen molar-refractivity contribution in [3.63, 3.8) is 0 Å². The summed E-state index contributed by atoms with van der Waals surface area (Å²) in [7, 11) is 2.23. The van der Waals surface area contributed by atoms with Crippen LogP contribution in [0.4, 0.5) is 0 Å². The molecule has 0 spiro atoms. The molecule has 2 atom stereocenters. The lowest BCUT2D eigenvalue weighted by Crippen LogP contribution is -2.36. The van der Waals surface area contributed by atoms with E-state index in [4.69, 9.17) is 0 Å². The number of nitrogens with zero attached hydrogens (tertiary/aromatic N) is 1. The number of nitrogens with one attached hydrogen (secondary N) is 1. The largest absolute Gasteiger partial charge is 0.311 e. The van der Waals surface area contributed by atoms with Crippen molar-refractivity contribution >= 4 is 0 Å². The van der Waals surface area contributed by atoms with E-state index >= 15 is 0 Å². The molecule has 0 bridgehead atoms. The molecule has 14 heavy (non-hydrogen) atoms. The average Bonchev–Trinajstić information content (AvgIpc) is 2.89. The highest BCUT2D eigenvalue weighted by atomic mass is 15.1. The van der Waals surface area contributed by atoms with E-state index in [9.17, 15) is 0 Å². The summed E-state index contributed by atoms with van der Waals surface area (Å²) >= 11 is 0. The second kappa shape index (κ2) is 5.72. The number of likely N-dealkylation sites (tertiary alicyclic amines) is 1. The van der Waals surface area contributed by atoms with Crippen LogP contribution >= 0.6 is 0 Å². The first-order chi connectivity index (χ1) is 6.75. The zero-order chi connectivity index (χ0) is 10.6. The Hall–Kier alpha value is -0.0800. The lowest BCUT2D eigenvalue weighted by atomic mass is 10.0. The Morgan fingerprint density at radius 2 is 1.86 bits per heavy atom. The van der Waals surface area contributed by atoms with Crippen LogP contribution in [0.25, 0.3) is 0 Å². The summed E-state index contributed by atoms with van der Waals surface area (Å²) in [6.07, 6.45) is 4.21. The minimum absolute atomic E-state index is 0.738. The quantitative estimate of drug-likeness (QED) is 0.747. The van der Waals surface area contributed by atoms with E-state index in [1.54, 1.807) is 0 Å². The molecule has 2 unspecified atom stereocenters. The molecule has 1 saturated carbocycles. The summed E-state index contributed by atoms with van der Waals surface area (Å²) in [6.45, 7) is 8.93. The minimum Gasteiger partial charge on any atom is -0.311 e. The number of hydrogen-bond donors (Lipinski definition) is 1. The van der Waals surface area contributed by atoms with Gasteiger partial charge in [-0.05, 0) is 45.7 Å². The molecule has 0 amide bonds. The monoisotopic (exact) mass is 198 g/mol. The zero-order valence-corrected chi connectivity index (χ0v) is 10.2. The Bertz CT molecular complexity index is 154. The van der Waals surface area contributed by atoms with Gasteiger partial charge in [-0.25, -0.2) is 0 Å².